The number of aromatic nitrogens is 3. The highest BCUT2D eigenvalue weighted by molar-refractivity contribution is 6.34. The molecule has 0 atom stereocenters. The Balaban J connectivity index is 1.91. The number of halogens is 1. The molecule has 0 bridgehead atoms. The molecule has 2 heterocycles. The van der Waals surface area contributed by atoms with E-state index in [1.807, 2.05) is 35.7 Å². The van der Waals surface area contributed by atoms with E-state index >= 15 is 0 Å². The zero-order valence-corrected chi connectivity index (χ0v) is 14.3. The monoisotopic (exact) mass is 336 g/mol. The van der Waals surface area contributed by atoms with E-state index in [4.69, 9.17) is 16.6 Å². The first-order valence-corrected chi connectivity index (χ1v) is 8.21. The van der Waals surface area contributed by atoms with E-state index < -0.39 is 0 Å². The molecule has 2 aromatic heterocycles. The largest absolute Gasteiger partial charge is 0.355 e. The van der Waals surface area contributed by atoms with E-state index in [2.05, 4.69) is 47.4 Å². The van der Waals surface area contributed by atoms with Gasteiger partial charge in [0.1, 0.15) is 10.8 Å². The first-order valence-electron chi connectivity index (χ1n) is 7.84. The molecule has 4 rings (SSSR count). The zero-order chi connectivity index (χ0) is 16.7. The average molecular weight is 337 g/mol. The lowest BCUT2D eigenvalue weighted by atomic mass is 10.2. The third-order valence-electron chi connectivity index (χ3n) is 4.17. The van der Waals surface area contributed by atoms with Crippen LogP contribution in [-0.2, 0) is 6.54 Å². The summed E-state index contributed by atoms with van der Waals surface area (Å²) in [6.07, 6.45) is 0. The number of rotatable bonds is 3. The molecule has 0 aliphatic rings. The Morgan fingerprint density at radius 1 is 1.04 bits per heavy atom. The van der Waals surface area contributed by atoms with Gasteiger partial charge in [-0.2, -0.15) is 5.10 Å². The first kappa shape index (κ1) is 15.0. The number of para-hydroxylation sites is 1. The van der Waals surface area contributed by atoms with Crippen molar-refractivity contribution >= 4 is 34.0 Å². The van der Waals surface area contributed by atoms with Gasteiger partial charge in [0.25, 0.3) is 0 Å². The molecule has 5 heteroatoms. The third-order valence-corrected chi connectivity index (χ3v) is 4.62. The molecule has 0 amide bonds. The van der Waals surface area contributed by atoms with Gasteiger partial charge in [0.2, 0.25) is 0 Å². The van der Waals surface area contributed by atoms with Crippen LogP contribution in [0.25, 0.3) is 16.6 Å². The van der Waals surface area contributed by atoms with Gasteiger partial charge in [0, 0.05) is 19.0 Å². The molecule has 0 saturated heterocycles. The van der Waals surface area contributed by atoms with E-state index in [0.717, 1.165) is 29.0 Å². The van der Waals surface area contributed by atoms with Crippen LogP contribution in [0.4, 0.5) is 5.82 Å². The van der Waals surface area contributed by atoms with Crippen molar-refractivity contribution in [1.82, 2.24) is 14.6 Å². The maximum Gasteiger partial charge on any atom is 0.176 e. The highest BCUT2D eigenvalue weighted by Crippen LogP contribution is 2.30. The van der Waals surface area contributed by atoms with Crippen LogP contribution in [0.5, 0.6) is 0 Å². The minimum Gasteiger partial charge on any atom is -0.355 e. The van der Waals surface area contributed by atoms with Crippen molar-refractivity contribution in [3.8, 4) is 0 Å². The number of benzene rings is 2. The van der Waals surface area contributed by atoms with Gasteiger partial charge in [-0.3, -0.25) is 0 Å². The van der Waals surface area contributed by atoms with Gasteiger partial charge >= 0.3 is 0 Å². The van der Waals surface area contributed by atoms with E-state index in [1.54, 1.807) is 0 Å². The quantitative estimate of drug-likeness (QED) is 0.553. The average Bonchev–Trinajstić information content (AvgIpc) is 2.90. The summed E-state index contributed by atoms with van der Waals surface area (Å²) in [5.41, 5.74) is 3.73. The number of hydrogen-bond donors (Lipinski definition) is 0. The van der Waals surface area contributed by atoms with Crippen LogP contribution in [-0.4, -0.2) is 21.6 Å². The number of aryl methyl sites for hydroxylation is 1. The Hall–Kier alpha value is -2.59. The van der Waals surface area contributed by atoms with Crippen molar-refractivity contribution in [1.29, 1.82) is 0 Å². The molecule has 0 saturated carbocycles. The molecule has 4 aromatic rings. The van der Waals surface area contributed by atoms with E-state index in [1.165, 1.54) is 5.56 Å². The molecule has 0 aliphatic carbocycles. The maximum atomic E-state index is 6.41. The minimum absolute atomic E-state index is 0.607. The summed E-state index contributed by atoms with van der Waals surface area (Å²) in [5, 5.41) is 6.19. The lowest BCUT2D eigenvalue weighted by molar-refractivity contribution is 0.893. The van der Waals surface area contributed by atoms with E-state index in [-0.39, 0.29) is 0 Å². The summed E-state index contributed by atoms with van der Waals surface area (Å²) in [6, 6.07) is 18.5. The van der Waals surface area contributed by atoms with Crippen molar-refractivity contribution in [2.24, 2.45) is 0 Å². The van der Waals surface area contributed by atoms with Gasteiger partial charge in [-0.05, 0) is 24.6 Å². The fourth-order valence-electron chi connectivity index (χ4n) is 2.99. The van der Waals surface area contributed by atoms with Gasteiger partial charge in [0.15, 0.2) is 5.65 Å². The molecule has 24 heavy (non-hydrogen) atoms. The van der Waals surface area contributed by atoms with Crippen LogP contribution in [0.3, 0.4) is 0 Å². The predicted octanol–water partition coefficient (Wildman–Crippen LogP) is 4.48. The highest BCUT2D eigenvalue weighted by Gasteiger charge is 2.16. The topological polar surface area (TPSA) is 33.4 Å². The predicted molar refractivity (Wildman–Crippen MR) is 98.8 cm³/mol. The normalized spacial score (nSPS) is 11.3. The van der Waals surface area contributed by atoms with Crippen LogP contribution >= 0.6 is 11.6 Å². The summed E-state index contributed by atoms with van der Waals surface area (Å²) in [5.74, 6) is 0.906. The molecule has 0 N–H and O–H groups in total. The summed E-state index contributed by atoms with van der Waals surface area (Å²) < 4.78 is 1.83. The lowest BCUT2D eigenvalue weighted by Crippen LogP contribution is -2.18. The maximum absolute atomic E-state index is 6.41. The fourth-order valence-corrected chi connectivity index (χ4v) is 3.15. The number of nitrogens with zero attached hydrogens (tertiary/aromatic N) is 4. The Bertz CT molecular complexity index is 1020. The Morgan fingerprint density at radius 3 is 2.54 bits per heavy atom. The van der Waals surface area contributed by atoms with Crippen LogP contribution in [0.15, 0.2) is 54.6 Å². The standard InChI is InChI=1S/C19H17ClN4/c1-13-17(20)19-21-18(23(2)12-14-8-4-3-5-9-14)15-10-6-7-11-16(15)24(19)22-13/h3-11H,12H2,1-2H3. The SMILES string of the molecule is Cc1nn2c(nc(N(C)Cc3ccccc3)c3ccccc32)c1Cl. The molecule has 4 nitrogen and oxygen atoms in total. The number of fused-ring (bicyclic) bond motifs is 3. The molecular formula is C19H17ClN4. The summed E-state index contributed by atoms with van der Waals surface area (Å²) in [7, 11) is 2.05. The summed E-state index contributed by atoms with van der Waals surface area (Å²) in [6.45, 7) is 2.68. The smallest absolute Gasteiger partial charge is 0.176 e. The second-order valence-corrected chi connectivity index (χ2v) is 6.31. The minimum atomic E-state index is 0.607. The van der Waals surface area contributed by atoms with Crippen molar-refractivity contribution in [2.75, 3.05) is 11.9 Å². The van der Waals surface area contributed by atoms with Crippen LogP contribution < -0.4 is 4.90 Å². The van der Waals surface area contributed by atoms with Crippen LogP contribution in [0.1, 0.15) is 11.3 Å². The van der Waals surface area contributed by atoms with Gasteiger partial charge in [0.05, 0.1) is 11.2 Å². The van der Waals surface area contributed by atoms with E-state index in [0.29, 0.717) is 10.7 Å². The van der Waals surface area contributed by atoms with Crippen LogP contribution in [0, 0.1) is 6.92 Å². The van der Waals surface area contributed by atoms with Crippen molar-refractivity contribution < 1.29 is 0 Å². The third kappa shape index (κ3) is 2.39. The number of hydrogen-bond acceptors (Lipinski definition) is 3. The second-order valence-electron chi connectivity index (χ2n) is 5.93. The van der Waals surface area contributed by atoms with E-state index in [9.17, 15) is 0 Å². The fraction of sp³-hybridized carbons (Fsp3) is 0.158. The van der Waals surface area contributed by atoms with Crippen molar-refractivity contribution in [3.63, 3.8) is 0 Å². The molecule has 120 valence electrons. The number of anilines is 1. The van der Waals surface area contributed by atoms with Crippen molar-refractivity contribution in [2.45, 2.75) is 13.5 Å². The first-order chi connectivity index (χ1) is 11.6. The Labute approximate surface area is 145 Å². The Morgan fingerprint density at radius 2 is 1.75 bits per heavy atom. The summed E-state index contributed by atoms with van der Waals surface area (Å²) in [4.78, 5) is 6.96. The zero-order valence-electron chi connectivity index (χ0n) is 13.6. The van der Waals surface area contributed by atoms with Crippen molar-refractivity contribution in [3.05, 3.63) is 70.9 Å². The van der Waals surface area contributed by atoms with Crippen LogP contribution in [0.2, 0.25) is 5.02 Å². The highest BCUT2D eigenvalue weighted by atomic mass is 35.5. The van der Waals surface area contributed by atoms with Gasteiger partial charge < -0.3 is 4.90 Å². The van der Waals surface area contributed by atoms with Gasteiger partial charge in [-0.15, -0.1) is 0 Å². The second kappa shape index (κ2) is 5.80. The molecule has 0 aliphatic heterocycles. The summed E-state index contributed by atoms with van der Waals surface area (Å²) >= 11 is 6.41. The van der Waals surface area contributed by atoms with Gasteiger partial charge in [-0.1, -0.05) is 54.1 Å². The molecule has 0 unspecified atom stereocenters. The Kier molecular flexibility index (Phi) is 3.62. The molecular weight excluding hydrogens is 320 g/mol. The molecule has 0 fully saturated rings. The lowest BCUT2D eigenvalue weighted by Gasteiger charge is -2.20. The molecule has 0 spiro atoms. The molecule has 0 radical (unpaired) electrons. The van der Waals surface area contributed by atoms with Gasteiger partial charge in [-0.25, -0.2) is 9.50 Å². The molecule has 2 aromatic carbocycles.